The standard InChI is InChI=1S/C14H13NO5/c1-2-19-14(18)15-20-12-8-4-5-9-10(12)6-3-7-11(9)13(16)17/h3-8H,2H2,1H3,(H,15,18)(H,16,17). The van der Waals surface area contributed by atoms with Crippen LogP contribution in [-0.2, 0) is 4.74 Å². The minimum Gasteiger partial charge on any atom is -0.478 e. The highest BCUT2D eigenvalue weighted by atomic mass is 16.7. The molecule has 0 saturated heterocycles. The van der Waals surface area contributed by atoms with E-state index in [9.17, 15) is 9.59 Å². The van der Waals surface area contributed by atoms with Crippen LogP contribution in [0.1, 0.15) is 17.3 Å². The highest BCUT2D eigenvalue weighted by Crippen LogP contribution is 2.27. The Morgan fingerprint density at radius 1 is 1.15 bits per heavy atom. The van der Waals surface area contributed by atoms with Gasteiger partial charge < -0.3 is 14.7 Å². The van der Waals surface area contributed by atoms with Gasteiger partial charge in [-0.05, 0) is 24.4 Å². The fraction of sp³-hybridized carbons (Fsp3) is 0.143. The molecule has 0 aliphatic carbocycles. The van der Waals surface area contributed by atoms with Gasteiger partial charge in [-0.2, -0.15) is 5.48 Å². The van der Waals surface area contributed by atoms with Crippen LogP contribution in [0.2, 0.25) is 0 Å². The summed E-state index contributed by atoms with van der Waals surface area (Å²) in [5.41, 5.74) is 2.30. The Balaban J connectivity index is 2.33. The average Bonchev–Trinajstić information content (AvgIpc) is 2.44. The average molecular weight is 275 g/mol. The van der Waals surface area contributed by atoms with E-state index in [1.807, 2.05) is 0 Å². The lowest BCUT2D eigenvalue weighted by atomic mass is 10.0. The van der Waals surface area contributed by atoms with Crippen LogP contribution < -0.4 is 10.3 Å². The first-order valence-electron chi connectivity index (χ1n) is 5.98. The molecule has 0 heterocycles. The van der Waals surface area contributed by atoms with E-state index in [0.29, 0.717) is 16.5 Å². The van der Waals surface area contributed by atoms with Crippen LogP contribution in [0.4, 0.5) is 4.79 Å². The highest BCUT2D eigenvalue weighted by molar-refractivity contribution is 6.05. The van der Waals surface area contributed by atoms with Gasteiger partial charge in [0.1, 0.15) is 0 Å². The Bertz CT molecular complexity index is 653. The largest absolute Gasteiger partial charge is 0.478 e. The molecule has 2 aromatic rings. The Hall–Kier alpha value is -2.76. The van der Waals surface area contributed by atoms with Gasteiger partial charge in [-0.15, -0.1) is 0 Å². The van der Waals surface area contributed by atoms with Crippen LogP contribution in [0.15, 0.2) is 36.4 Å². The van der Waals surface area contributed by atoms with Gasteiger partial charge in [-0.25, -0.2) is 9.59 Å². The van der Waals surface area contributed by atoms with E-state index in [0.717, 1.165) is 0 Å². The predicted molar refractivity (Wildman–Crippen MR) is 71.7 cm³/mol. The summed E-state index contributed by atoms with van der Waals surface area (Å²) < 4.78 is 4.67. The molecule has 104 valence electrons. The van der Waals surface area contributed by atoms with Crippen LogP contribution in [0.25, 0.3) is 10.8 Å². The van der Waals surface area contributed by atoms with Gasteiger partial charge in [0.2, 0.25) is 0 Å². The van der Waals surface area contributed by atoms with Gasteiger partial charge in [-0.3, -0.25) is 0 Å². The normalized spacial score (nSPS) is 10.1. The van der Waals surface area contributed by atoms with Crippen LogP contribution in [0.5, 0.6) is 5.75 Å². The zero-order valence-corrected chi connectivity index (χ0v) is 10.8. The number of aromatic carboxylic acids is 1. The third kappa shape index (κ3) is 2.80. The summed E-state index contributed by atoms with van der Waals surface area (Å²) in [6.07, 6.45) is -0.709. The number of carboxylic acids is 1. The van der Waals surface area contributed by atoms with Gasteiger partial charge >= 0.3 is 12.1 Å². The second-order valence-corrected chi connectivity index (χ2v) is 3.89. The lowest BCUT2D eigenvalue weighted by Crippen LogP contribution is -2.27. The van der Waals surface area contributed by atoms with Gasteiger partial charge in [0.05, 0.1) is 12.2 Å². The topological polar surface area (TPSA) is 84.9 Å². The molecule has 0 radical (unpaired) electrons. The maximum atomic E-state index is 11.2. The zero-order chi connectivity index (χ0) is 14.5. The second kappa shape index (κ2) is 5.92. The Morgan fingerprint density at radius 2 is 1.85 bits per heavy atom. The molecular weight excluding hydrogens is 262 g/mol. The molecule has 2 rings (SSSR count). The summed E-state index contributed by atoms with van der Waals surface area (Å²) in [6, 6.07) is 9.79. The molecule has 0 atom stereocenters. The number of carbonyl (C=O) groups is 2. The van der Waals surface area contributed by atoms with E-state index in [-0.39, 0.29) is 12.2 Å². The number of carboxylic acid groups (broad SMARTS) is 1. The Morgan fingerprint density at radius 3 is 2.55 bits per heavy atom. The molecule has 0 aliphatic heterocycles. The lowest BCUT2D eigenvalue weighted by Gasteiger charge is -2.10. The molecule has 0 unspecified atom stereocenters. The van der Waals surface area contributed by atoms with Gasteiger partial charge in [0.15, 0.2) is 5.75 Å². The molecule has 20 heavy (non-hydrogen) atoms. The van der Waals surface area contributed by atoms with E-state index >= 15 is 0 Å². The summed E-state index contributed by atoms with van der Waals surface area (Å²) in [4.78, 5) is 27.5. The van der Waals surface area contributed by atoms with Crippen LogP contribution in [-0.4, -0.2) is 23.8 Å². The number of hydrogen-bond donors (Lipinski definition) is 2. The molecule has 0 saturated carbocycles. The summed E-state index contributed by atoms with van der Waals surface area (Å²) in [6.45, 7) is 1.91. The summed E-state index contributed by atoms with van der Waals surface area (Å²) in [7, 11) is 0. The smallest absolute Gasteiger partial charge is 0.440 e. The number of fused-ring (bicyclic) bond motifs is 1. The monoisotopic (exact) mass is 275 g/mol. The first-order valence-corrected chi connectivity index (χ1v) is 5.98. The highest BCUT2D eigenvalue weighted by Gasteiger charge is 2.11. The molecule has 2 N–H and O–H groups in total. The fourth-order valence-corrected chi connectivity index (χ4v) is 1.81. The molecule has 0 bridgehead atoms. The van der Waals surface area contributed by atoms with Gasteiger partial charge in [0.25, 0.3) is 0 Å². The summed E-state index contributed by atoms with van der Waals surface area (Å²) in [5, 5.41) is 10.2. The Kier molecular flexibility index (Phi) is 4.05. The zero-order valence-electron chi connectivity index (χ0n) is 10.8. The Labute approximate surface area is 114 Å². The third-order valence-corrected chi connectivity index (χ3v) is 2.63. The van der Waals surface area contributed by atoms with Crippen molar-refractivity contribution in [3.8, 4) is 5.75 Å². The number of hydrogen-bond acceptors (Lipinski definition) is 4. The lowest BCUT2D eigenvalue weighted by molar-refractivity contribution is 0.0698. The molecule has 6 heteroatoms. The minimum absolute atomic E-state index is 0.170. The van der Waals surface area contributed by atoms with Crippen LogP contribution >= 0.6 is 0 Å². The number of hydroxylamine groups is 1. The molecule has 0 spiro atoms. The molecule has 1 amide bonds. The maximum absolute atomic E-state index is 11.2. The number of nitrogens with one attached hydrogen (secondary N) is 1. The van der Waals surface area contributed by atoms with Crippen molar-refractivity contribution in [1.82, 2.24) is 5.48 Å². The molecule has 6 nitrogen and oxygen atoms in total. The first kappa shape index (κ1) is 13.7. The third-order valence-electron chi connectivity index (χ3n) is 2.63. The number of amides is 1. The molecule has 0 fully saturated rings. The van der Waals surface area contributed by atoms with E-state index in [1.165, 1.54) is 6.07 Å². The van der Waals surface area contributed by atoms with Gasteiger partial charge in [0, 0.05) is 5.39 Å². The van der Waals surface area contributed by atoms with Crippen molar-refractivity contribution in [3.05, 3.63) is 42.0 Å². The number of carbonyl (C=O) groups excluding carboxylic acids is 1. The number of rotatable bonds is 4. The minimum atomic E-state index is -1.02. The van der Waals surface area contributed by atoms with E-state index in [4.69, 9.17) is 9.94 Å². The molecule has 2 aromatic carbocycles. The predicted octanol–water partition coefficient (Wildman–Crippen LogP) is 2.58. The van der Waals surface area contributed by atoms with Crippen molar-refractivity contribution in [2.45, 2.75) is 6.92 Å². The first-order chi connectivity index (χ1) is 9.63. The van der Waals surface area contributed by atoms with E-state index < -0.39 is 12.1 Å². The molecular formula is C14H13NO5. The number of ether oxygens (including phenoxy) is 1. The molecule has 0 aromatic heterocycles. The fourth-order valence-electron chi connectivity index (χ4n) is 1.81. The van der Waals surface area contributed by atoms with Gasteiger partial charge in [-0.1, -0.05) is 24.3 Å². The van der Waals surface area contributed by atoms with Crippen LogP contribution in [0, 0.1) is 0 Å². The SMILES string of the molecule is CCOC(=O)NOc1cccc2c(C(=O)O)cccc12. The van der Waals surface area contributed by atoms with Crippen molar-refractivity contribution < 1.29 is 24.3 Å². The van der Waals surface area contributed by atoms with Crippen molar-refractivity contribution in [2.24, 2.45) is 0 Å². The van der Waals surface area contributed by atoms with Crippen molar-refractivity contribution in [3.63, 3.8) is 0 Å². The van der Waals surface area contributed by atoms with Crippen molar-refractivity contribution >= 4 is 22.8 Å². The molecule has 0 aliphatic rings. The second-order valence-electron chi connectivity index (χ2n) is 3.89. The van der Waals surface area contributed by atoms with Crippen LogP contribution in [0.3, 0.4) is 0 Å². The number of benzene rings is 2. The quantitative estimate of drug-likeness (QED) is 0.838. The van der Waals surface area contributed by atoms with E-state index in [1.54, 1.807) is 37.3 Å². The van der Waals surface area contributed by atoms with Crippen molar-refractivity contribution in [1.29, 1.82) is 0 Å². The summed E-state index contributed by atoms with van der Waals surface area (Å²) >= 11 is 0. The summed E-state index contributed by atoms with van der Waals surface area (Å²) in [5.74, 6) is -0.676. The van der Waals surface area contributed by atoms with Crippen molar-refractivity contribution in [2.75, 3.05) is 6.61 Å². The van der Waals surface area contributed by atoms with E-state index in [2.05, 4.69) is 10.2 Å². The maximum Gasteiger partial charge on any atom is 0.440 e.